The first-order valence-electron chi connectivity index (χ1n) is 9.77. The van der Waals surface area contributed by atoms with Gasteiger partial charge in [-0.2, -0.15) is 18.4 Å². The zero-order chi connectivity index (χ0) is 23.5. The SMILES string of the molecule is C=C(C)[C@@H](NC(=O)c1c[nH]c2ncc(OCC(F)(F)F)nc12)C(=O)N1CCC(C#N)CC1. The number of H-pyrrole nitrogens is 1. The summed E-state index contributed by atoms with van der Waals surface area (Å²) in [6, 6.07) is 1.18. The van der Waals surface area contributed by atoms with E-state index in [1.807, 2.05) is 0 Å². The second-order valence-electron chi connectivity index (χ2n) is 7.49. The number of hydrogen-bond donors (Lipinski definition) is 2. The van der Waals surface area contributed by atoms with E-state index in [0.29, 0.717) is 31.5 Å². The number of nitriles is 1. The molecule has 2 aromatic rings. The van der Waals surface area contributed by atoms with Crippen molar-refractivity contribution in [2.24, 2.45) is 5.92 Å². The highest BCUT2D eigenvalue weighted by Gasteiger charge is 2.31. The average molecular weight is 450 g/mol. The highest BCUT2D eigenvalue weighted by atomic mass is 19.4. The Kier molecular flexibility index (Phi) is 6.67. The lowest BCUT2D eigenvalue weighted by Crippen LogP contribution is -2.51. The second-order valence-corrected chi connectivity index (χ2v) is 7.49. The molecule has 9 nitrogen and oxygen atoms in total. The topological polar surface area (TPSA) is 124 Å². The lowest BCUT2D eigenvalue weighted by atomic mass is 9.97. The molecule has 2 amide bonds. The summed E-state index contributed by atoms with van der Waals surface area (Å²) in [6.45, 7) is 4.63. The maximum atomic E-state index is 12.9. The van der Waals surface area contributed by atoms with Crippen LogP contribution in [0.5, 0.6) is 5.88 Å². The van der Waals surface area contributed by atoms with Crippen LogP contribution in [0.3, 0.4) is 0 Å². The molecule has 3 rings (SSSR count). The summed E-state index contributed by atoms with van der Waals surface area (Å²) < 4.78 is 41.8. The van der Waals surface area contributed by atoms with E-state index in [1.54, 1.807) is 11.8 Å². The lowest BCUT2D eigenvalue weighted by Gasteiger charge is -2.32. The van der Waals surface area contributed by atoms with Gasteiger partial charge in [0.15, 0.2) is 12.3 Å². The van der Waals surface area contributed by atoms with Crippen LogP contribution >= 0.6 is 0 Å². The molecule has 0 aliphatic carbocycles. The Morgan fingerprint density at radius 1 is 1.44 bits per heavy atom. The van der Waals surface area contributed by atoms with Gasteiger partial charge in [0.1, 0.15) is 11.6 Å². The maximum absolute atomic E-state index is 12.9. The van der Waals surface area contributed by atoms with Crippen LogP contribution in [0.2, 0.25) is 0 Å². The monoisotopic (exact) mass is 450 g/mol. The van der Waals surface area contributed by atoms with E-state index in [2.05, 4.69) is 37.7 Å². The number of nitrogens with one attached hydrogen (secondary N) is 2. The molecule has 0 saturated carbocycles. The number of alkyl halides is 3. The number of aromatic amines is 1. The van der Waals surface area contributed by atoms with Crippen LogP contribution in [0.4, 0.5) is 13.2 Å². The van der Waals surface area contributed by atoms with Crippen molar-refractivity contribution in [1.29, 1.82) is 5.26 Å². The van der Waals surface area contributed by atoms with Gasteiger partial charge in [-0.25, -0.2) is 9.97 Å². The minimum Gasteiger partial charge on any atom is -0.467 e. The lowest BCUT2D eigenvalue weighted by molar-refractivity contribution is -0.154. The predicted octanol–water partition coefficient (Wildman–Crippen LogP) is 2.34. The Morgan fingerprint density at radius 3 is 2.72 bits per heavy atom. The van der Waals surface area contributed by atoms with Gasteiger partial charge < -0.3 is 19.9 Å². The van der Waals surface area contributed by atoms with Gasteiger partial charge in [-0.15, -0.1) is 0 Å². The van der Waals surface area contributed by atoms with E-state index in [-0.39, 0.29) is 28.6 Å². The fraction of sp³-hybridized carbons (Fsp3) is 0.450. The summed E-state index contributed by atoms with van der Waals surface area (Å²) in [7, 11) is 0. The Bertz CT molecular complexity index is 1070. The number of likely N-dealkylation sites (tertiary alicyclic amines) is 1. The highest BCUT2D eigenvalue weighted by molar-refractivity contribution is 6.06. The summed E-state index contributed by atoms with van der Waals surface area (Å²) >= 11 is 0. The number of nitrogens with zero attached hydrogens (tertiary/aromatic N) is 4. The molecule has 1 aliphatic heterocycles. The van der Waals surface area contributed by atoms with Crippen molar-refractivity contribution in [2.45, 2.75) is 32.0 Å². The van der Waals surface area contributed by atoms with Gasteiger partial charge >= 0.3 is 6.18 Å². The third-order valence-corrected chi connectivity index (χ3v) is 4.99. The molecule has 0 aromatic carbocycles. The van der Waals surface area contributed by atoms with E-state index in [9.17, 15) is 22.8 Å². The molecule has 0 unspecified atom stereocenters. The number of amides is 2. The molecule has 0 bridgehead atoms. The Morgan fingerprint density at radius 2 is 2.12 bits per heavy atom. The van der Waals surface area contributed by atoms with E-state index in [1.165, 1.54) is 6.20 Å². The van der Waals surface area contributed by atoms with Crippen molar-refractivity contribution in [1.82, 2.24) is 25.2 Å². The quantitative estimate of drug-likeness (QED) is 0.651. The minimum atomic E-state index is -4.55. The molecule has 32 heavy (non-hydrogen) atoms. The summed E-state index contributed by atoms with van der Waals surface area (Å²) in [5, 5.41) is 11.6. The first-order chi connectivity index (χ1) is 15.1. The molecule has 0 spiro atoms. The van der Waals surface area contributed by atoms with Crippen molar-refractivity contribution in [3.05, 3.63) is 30.1 Å². The van der Waals surface area contributed by atoms with Gasteiger partial charge in [0.2, 0.25) is 11.8 Å². The van der Waals surface area contributed by atoms with Gasteiger partial charge in [0, 0.05) is 25.2 Å². The zero-order valence-electron chi connectivity index (χ0n) is 17.2. The molecule has 1 atom stereocenters. The summed E-state index contributed by atoms with van der Waals surface area (Å²) in [6.07, 6.45) is -1.13. The third-order valence-electron chi connectivity index (χ3n) is 4.99. The number of carbonyl (C=O) groups is 2. The Balaban J connectivity index is 1.76. The van der Waals surface area contributed by atoms with Crippen LogP contribution in [-0.2, 0) is 4.79 Å². The average Bonchev–Trinajstić information content (AvgIpc) is 3.18. The van der Waals surface area contributed by atoms with Crippen LogP contribution in [0.1, 0.15) is 30.1 Å². The second kappa shape index (κ2) is 9.25. The number of carbonyl (C=O) groups excluding carboxylic acids is 2. The fourth-order valence-corrected chi connectivity index (χ4v) is 3.29. The van der Waals surface area contributed by atoms with Gasteiger partial charge in [-0.3, -0.25) is 9.59 Å². The smallest absolute Gasteiger partial charge is 0.422 e. The molecule has 12 heteroatoms. The number of hydrogen-bond acceptors (Lipinski definition) is 6. The molecule has 1 saturated heterocycles. The molecule has 1 aliphatic rings. The van der Waals surface area contributed by atoms with Crippen LogP contribution < -0.4 is 10.1 Å². The number of fused-ring (bicyclic) bond motifs is 1. The van der Waals surface area contributed by atoms with Crippen LogP contribution in [0, 0.1) is 17.2 Å². The van der Waals surface area contributed by atoms with E-state index < -0.39 is 30.6 Å². The van der Waals surface area contributed by atoms with Crippen molar-refractivity contribution < 1.29 is 27.5 Å². The molecular formula is C20H21F3N6O3. The minimum absolute atomic E-state index is 0.00456. The number of rotatable bonds is 6. The van der Waals surface area contributed by atoms with Crippen LogP contribution in [-0.4, -0.2) is 63.6 Å². The molecule has 3 heterocycles. The molecule has 170 valence electrons. The van der Waals surface area contributed by atoms with Crippen molar-refractivity contribution >= 4 is 23.0 Å². The molecule has 2 N–H and O–H groups in total. The number of ether oxygens (including phenoxy) is 1. The van der Waals surface area contributed by atoms with Gasteiger partial charge in [-0.1, -0.05) is 6.58 Å². The van der Waals surface area contributed by atoms with Gasteiger partial charge in [-0.05, 0) is 25.3 Å². The van der Waals surface area contributed by atoms with Crippen molar-refractivity contribution in [3.8, 4) is 11.9 Å². The molecular weight excluding hydrogens is 429 g/mol. The van der Waals surface area contributed by atoms with Crippen molar-refractivity contribution in [3.63, 3.8) is 0 Å². The first kappa shape index (κ1) is 23.1. The predicted molar refractivity (Wildman–Crippen MR) is 106 cm³/mol. The summed E-state index contributed by atoms with van der Waals surface area (Å²) in [5.41, 5.74) is 0.578. The zero-order valence-corrected chi connectivity index (χ0v) is 17.2. The fourth-order valence-electron chi connectivity index (χ4n) is 3.29. The van der Waals surface area contributed by atoms with Crippen LogP contribution in [0.25, 0.3) is 11.2 Å². The highest BCUT2D eigenvalue weighted by Crippen LogP contribution is 2.21. The van der Waals surface area contributed by atoms with Crippen molar-refractivity contribution in [2.75, 3.05) is 19.7 Å². The number of halogens is 3. The number of aromatic nitrogens is 3. The molecule has 1 fully saturated rings. The standard InChI is InChI=1S/C20H21F3N6O3/c1-11(2)15(19(31)29-5-3-12(7-24)4-6-29)28-18(30)13-8-25-17-16(13)27-14(9-26-17)32-10-20(21,22)23/h8-9,12,15H,1,3-6,10H2,2H3,(H,25,26)(H,28,30)/t15-/m1/s1. The third kappa shape index (κ3) is 5.35. The first-order valence-corrected chi connectivity index (χ1v) is 9.77. The van der Waals surface area contributed by atoms with E-state index in [4.69, 9.17) is 5.26 Å². The Hall–Kier alpha value is -3.62. The van der Waals surface area contributed by atoms with Crippen LogP contribution in [0.15, 0.2) is 24.5 Å². The van der Waals surface area contributed by atoms with E-state index >= 15 is 0 Å². The maximum Gasteiger partial charge on any atom is 0.422 e. The van der Waals surface area contributed by atoms with E-state index in [0.717, 1.165) is 6.20 Å². The Labute approximate surface area is 181 Å². The summed E-state index contributed by atoms with van der Waals surface area (Å²) in [4.78, 5) is 38.0. The normalized spacial score (nSPS) is 15.8. The summed E-state index contributed by atoms with van der Waals surface area (Å²) in [5.74, 6) is -1.51. The van der Waals surface area contributed by atoms with Gasteiger partial charge in [0.05, 0.1) is 17.8 Å². The molecule has 0 radical (unpaired) electrons. The number of piperidine rings is 1. The molecule has 2 aromatic heterocycles. The van der Waals surface area contributed by atoms with Gasteiger partial charge in [0.25, 0.3) is 5.91 Å². The largest absolute Gasteiger partial charge is 0.467 e.